The fourth-order valence-corrected chi connectivity index (χ4v) is 3.56. The van der Waals surface area contributed by atoms with Gasteiger partial charge in [-0.3, -0.25) is 4.79 Å². The lowest BCUT2D eigenvalue weighted by Gasteiger charge is -2.40. The van der Waals surface area contributed by atoms with Crippen LogP contribution in [-0.2, 0) is 9.53 Å². The van der Waals surface area contributed by atoms with Crippen molar-refractivity contribution in [1.29, 1.82) is 0 Å². The Morgan fingerprint density at radius 1 is 1.48 bits per heavy atom. The van der Waals surface area contributed by atoms with Crippen LogP contribution in [0.4, 0.5) is 0 Å². The summed E-state index contributed by atoms with van der Waals surface area (Å²) in [4.78, 5) is 12.2. The molecule has 1 aliphatic rings. The highest BCUT2D eigenvalue weighted by atomic mass is 35.5. The van der Waals surface area contributed by atoms with E-state index in [0.717, 1.165) is 6.42 Å². The molecule has 2 N–H and O–H groups in total. The van der Waals surface area contributed by atoms with Crippen LogP contribution in [0.2, 0.25) is 0 Å². The van der Waals surface area contributed by atoms with E-state index >= 15 is 0 Å². The molecule has 0 aliphatic heterocycles. The zero-order chi connectivity index (χ0) is 16.3. The minimum atomic E-state index is -1.18. The van der Waals surface area contributed by atoms with Gasteiger partial charge in [0.25, 0.3) is 0 Å². The Morgan fingerprint density at radius 3 is 2.62 bits per heavy atom. The van der Waals surface area contributed by atoms with Gasteiger partial charge in [-0.1, -0.05) is 0 Å². The molecule has 21 heavy (non-hydrogen) atoms. The maximum Gasteiger partial charge on any atom is 0.314 e. The summed E-state index contributed by atoms with van der Waals surface area (Å²) in [6.07, 6.45) is 3.08. The molecule has 4 atom stereocenters. The number of esters is 1. The monoisotopic (exact) mass is 320 g/mol. The molecule has 0 aromatic carbocycles. The molecule has 0 aromatic rings. The molecular formula is C16H29ClO4. The number of halogens is 1. The number of aliphatic hydroxyl groups is 2. The Labute approximate surface area is 132 Å². The number of rotatable bonds is 7. The third-order valence-corrected chi connectivity index (χ3v) is 5.43. The predicted octanol–water partition coefficient (Wildman–Crippen LogP) is 2.88. The molecule has 0 radical (unpaired) electrons. The first kappa shape index (κ1) is 18.7. The minimum Gasteiger partial charge on any atom is -0.465 e. The van der Waals surface area contributed by atoms with E-state index in [1.54, 1.807) is 27.7 Å². The Bertz CT molecular complexity index is 367. The normalized spacial score (nSPS) is 35.5. The molecule has 1 aliphatic carbocycles. The SMILES string of the molecule is CCOC(=O)[C@@]1(C)CC[C@H](CC(C)(O)CCCCl)[C@@]1(C)O. The van der Waals surface area contributed by atoms with E-state index in [4.69, 9.17) is 16.3 Å². The number of hydrogen-bond donors (Lipinski definition) is 2. The molecule has 124 valence electrons. The summed E-state index contributed by atoms with van der Waals surface area (Å²) < 4.78 is 5.13. The smallest absolute Gasteiger partial charge is 0.314 e. The van der Waals surface area contributed by atoms with Crippen molar-refractivity contribution in [3.8, 4) is 0 Å². The van der Waals surface area contributed by atoms with Gasteiger partial charge in [0.15, 0.2) is 0 Å². The van der Waals surface area contributed by atoms with Gasteiger partial charge in [0.2, 0.25) is 0 Å². The number of hydrogen-bond acceptors (Lipinski definition) is 4. The summed E-state index contributed by atoms with van der Waals surface area (Å²) in [5.41, 5.74) is -2.95. The third-order valence-electron chi connectivity index (χ3n) is 5.17. The molecular weight excluding hydrogens is 292 g/mol. The summed E-state index contributed by atoms with van der Waals surface area (Å²) in [5, 5.41) is 21.4. The molecule has 5 heteroatoms. The zero-order valence-corrected chi connectivity index (χ0v) is 14.4. The van der Waals surface area contributed by atoms with E-state index in [0.29, 0.717) is 38.2 Å². The lowest BCUT2D eigenvalue weighted by atomic mass is 9.71. The quantitative estimate of drug-likeness (QED) is 0.559. The van der Waals surface area contributed by atoms with Gasteiger partial charge in [0.1, 0.15) is 0 Å². The van der Waals surface area contributed by atoms with Gasteiger partial charge in [0, 0.05) is 5.88 Å². The van der Waals surface area contributed by atoms with Gasteiger partial charge in [-0.15, -0.1) is 11.6 Å². The van der Waals surface area contributed by atoms with Crippen LogP contribution in [0, 0.1) is 11.3 Å². The summed E-state index contributed by atoms with van der Waals surface area (Å²) in [7, 11) is 0. The van der Waals surface area contributed by atoms with Crippen LogP contribution >= 0.6 is 11.6 Å². The third kappa shape index (κ3) is 3.91. The highest BCUT2D eigenvalue weighted by Gasteiger charge is 2.59. The minimum absolute atomic E-state index is 0.128. The number of alkyl halides is 1. The molecule has 1 saturated carbocycles. The lowest BCUT2D eigenvalue weighted by molar-refractivity contribution is -0.172. The van der Waals surface area contributed by atoms with Crippen molar-refractivity contribution in [2.45, 2.75) is 71.0 Å². The van der Waals surface area contributed by atoms with Crippen LogP contribution in [0.25, 0.3) is 0 Å². The van der Waals surface area contributed by atoms with Crippen LogP contribution in [0.15, 0.2) is 0 Å². The molecule has 0 saturated heterocycles. The van der Waals surface area contributed by atoms with Crippen molar-refractivity contribution in [3.63, 3.8) is 0 Å². The highest BCUT2D eigenvalue weighted by Crippen LogP contribution is 2.53. The average Bonchev–Trinajstić information content (AvgIpc) is 2.61. The number of ether oxygens (including phenoxy) is 1. The van der Waals surface area contributed by atoms with Crippen LogP contribution < -0.4 is 0 Å². The summed E-state index contributed by atoms with van der Waals surface area (Å²) in [6, 6.07) is 0. The Hall–Kier alpha value is -0.320. The molecule has 1 unspecified atom stereocenters. The highest BCUT2D eigenvalue weighted by molar-refractivity contribution is 6.17. The standard InChI is InChI=1S/C16H29ClO4/c1-5-21-13(18)15(3)9-7-12(16(15,4)20)11-14(2,19)8-6-10-17/h12,19-20H,5-11H2,1-4H3/t12-,14?,15-,16-/m1/s1. The van der Waals surface area contributed by atoms with Crippen molar-refractivity contribution in [3.05, 3.63) is 0 Å². The number of carbonyl (C=O) groups excluding carboxylic acids is 1. The van der Waals surface area contributed by atoms with E-state index in [9.17, 15) is 15.0 Å². The molecule has 4 nitrogen and oxygen atoms in total. The van der Waals surface area contributed by atoms with E-state index in [-0.39, 0.29) is 11.9 Å². The van der Waals surface area contributed by atoms with Gasteiger partial charge in [-0.2, -0.15) is 0 Å². The first-order valence-corrected chi connectivity index (χ1v) is 8.32. The summed E-state index contributed by atoms with van der Waals surface area (Å²) >= 11 is 5.68. The van der Waals surface area contributed by atoms with Crippen LogP contribution in [0.1, 0.15) is 59.8 Å². The van der Waals surface area contributed by atoms with Crippen molar-refractivity contribution in [1.82, 2.24) is 0 Å². The summed E-state index contributed by atoms with van der Waals surface area (Å²) in [6.45, 7) is 7.30. The molecule has 0 amide bonds. The van der Waals surface area contributed by atoms with Gasteiger partial charge < -0.3 is 14.9 Å². The maximum atomic E-state index is 12.2. The first-order chi connectivity index (χ1) is 9.60. The van der Waals surface area contributed by atoms with Gasteiger partial charge in [-0.05, 0) is 65.7 Å². The van der Waals surface area contributed by atoms with Crippen molar-refractivity contribution in [2.24, 2.45) is 11.3 Å². The van der Waals surface area contributed by atoms with Gasteiger partial charge in [0.05, 0.1) is 23.2 Å². The molecule has 1 rings (SSSR count). The van der Waals surface area contributed by atoms with E-state index in [2.05, 4.69) is 0 Å². The fraction of sp³-hybridized carbons (Fsp3) is 0.938. The molecule has 0 aromatic heterocycles. The fourth-order valence-electron chi connectivity index (χ4n) is 3.43. The average molecular weight is 321 g/mol. The lowest BCUT2D eigenvalue weighted by Crippen LogP contribution is -2.50. The number of carbonyl (C=O) groups is 1. The second kappa shape index (κ2) is 6.84. The molecule has 0 heterocycles. The van der Waals surface area contributed by atoms with E-state index < -0.39 is 16.6 Å². The topological polar surface area (TPSA) is 66.8 Å². The summed E-state index contributed by atoms with van der Waals surface area (Å²) in [5.74, 6) is 0.0349. The first-order valence-electron chi connectivity index (χ1n) is 7.78. The maximum absolute atomic E-state index is 12.2. The predicted molar refractivity (Wildman–Crippen MR) is 83.3 cm³/mol. The largest absolute Gasteiger partial charge is 0.465 e. The van der Waals surface area contributed by atoms with Crippen molar-refractivity contribution >= 4 is 17.6 Å². The van der Waals surface area contributed by atoms with Gasteiger partial charge in [-0.25, -0.2) is 0 Å². The van der Waals surface area contributed by atoms with E-state index in [1.807, 2.05) is 0 Å². The molecule has 1 fully saturated rings. The van der Waals surface area contributed by atoms with Crippen LogP contribution in [-0.4, -0.2) is 39.9 Å². The molecule has 0 spiro atoms. The second-order valence-electron chi connectivity index (χ2n) is 6.93. The van der Waals surface area contributed by atoms with Crippen LogP contribution in [0.3, 0.4) is 0 Å². The van der Waals surface area contributed by atoms with Crippen LogP contribution in [0.5, 0.6) is 0 Å². The zero-order valence-electron chi connectivity index (χ0n) is 13.6. The van der Waals surface area contributed by atoms with E-state index in [1.165, 1.54) is 0 Å². The van der Waals surface area contributed by atoms with Crippen molar-refractivity contribution in [2.75, 3.05) is 12.5 Å². The second-order valence-corrected chi connectivity index (χ2v) is 7.31. The Balaban J connectivity index is 2.82. The van der Waals surface area contributed by atoms with Crippen molar-refractivity contribution < 1.29 is 19.7 Å². The Morgan fingerprint density at radius 2 is 2.10 bits per heavy atom. The van der Waals surface area contributed by atoms with Gasteiger partial charge >= 0.3 is 5.97 Å². The Kier molecular flexibility index (Phi) is 6.10. The molecule has 0 bridgehead atoms.